The molecule has 1 heterocycles. The molecule has 1 amide bonds. The lowest BCUT2D eigenvalue weighted by Crippen LogP contribution is -2.28. The van der Waals surface area contributed by atoms with E-state index >= 15 is 0 Å². The molecule has 4 rings (SSSR count). The molecule has 0 atom stereocenters. The van der Waals surface area contributed by atoms with E-state index in [1.807, 2.05) is 91.9 Å². The maximum absolute atomic E-state index is 13.3. The second kappa shape index (κ2) is 8.37. The van der Waals surface area contributed by atoms with Crippen LogP contribution >= 0.6 is 11.8 Å². The van der Waals surface area contributed by atoms with Gasteiger partial charge in [-0.2, -0.15) is 0 Å². The van der Waals surface area contributed by atoms with Crippen molar-refractivity contribution in [2.75, 3.05) is 12.0 Å². The summed E-state index contributed by atoms with van der Waals surface area (Å²) in [5, 5.41) is 0.637. The van der Waals surface area contributed by atoms with Gasteiger partial charge in [-0.15, -0.1) is 0 Å². The van der Waals surface area contributed by atoms with Crippen molar-refractivity contribution >= 4 is 40.3 Å². The molecule has 3 aromatic carbocycles. The van der Waals surface area contributed by atoms with Gasteiger partial charge < -0.3 is 4.74 Å². The van der Waals surface area contributed by atoms with E-state index in [9.17, 15) is 4.79 Å². The smallest absolute Gasteiger partial charge is 0.271 e. The second-order valence-corrected chi connectivity index (χ2v) is 7.55. The van der Waals surface area contributed by atoms with Gasteiger partial charge in [0.05, 0.1) is 23.4 Å². The molecule has 0 unspecified atom stereocenters. The topological polar surface area (TPSA) is 41.9 Å². The third kappa shape index (κ3) is 4.10. The van der Waals surface area contributed by atoms with E-state index in [-0.39, 0.29) is 5.91 Å². The number of amides is 1. The molecule has 3 aromatic rings. The fourth-order valence-electron chi connectivity index (χ4n) is 3.04. The summed E-state index contributed by atoms with van der Waals surface area (Å²) in [6, 6.07) is 25.2. The van der Waals surface area contributed by atoms with Crippen LogP contribution in [0.4, 0.5) is 11.4 Å². The van der Waals surface area contributed by atoms with Crippen LogP contribution in [-0.4, -0.2) is 18.2 Å². The zero-order valence-electron chi connectivity index (χ0n) is 16.2. The molecule has 0 bridgehead atoms. The summed E-state index contributed by atoms with van der Waals surface area (Å²) in [5.74, 6) is 0.711. The summed E-state index contributed by atoms with van der Waals surface area (Å²) >= 11 is 1.38. The lowest BCUT2D eigenvalue weighted by atomic mass is 10.1. The monoisotopic (exact) mass is 400 g/mol. The number of rotatable bonds is 4. The molecule has 0 N–H and O–H groups in total. The normalized spacial score (nSPS) is 16.6. The number of methoxy groups -OCH3 is 1. The summed E-state index contributed by atoms with van der Waals surface area (Å²) in [5.41, 5.74) is 3.57. The Hall–Kier alpha value is -3.31. The average Bonchev–Trinajstić information content (AvgIpc) is 3.05. The molecule has 1 aliphatic heterocycles. The Kier molecular flexibility index (Phi) is 5.49. The van der Waals surface area contributed by atoms with Crippen LogP contribution in [-0.2, 0) is 4.79 Å². The standard InChI is InChI=1S/C24H20N2O2S/c1-17-13-14-18(15-21(17)28-2)16-22-23(27)26(20-11-7-4-8-12-20)24(29-22)25-19-9-5-3-6-10-19/h3-16H,1-2H3/b22-16-,25-24?. The molecule has 29 heavy (non-hydrogen) atoms. The minimum Gasteiger partial charge on any atom is -0.496 e. The van der Waals surface area contributed by atoms with Gasteiger partial charge in [0.2, 0.25) is 0 Å². The van der Waals surface area contributed by atoms with Gasteiger partial charge in [0.1, 0.15) is 5.75 Å². The maximum Gasteiger partial charge on any atom is 0.271 e. The van der Waals surface area contributed by atoms with Crippen molar-refractivity contribution in [3.05, 3.63) is 94.9 Å². The summed E-state index contributed by atoms with van der Waals surface area (Å²) < 4.78 is 5.41. The first-order valence-electron chi connectivity index (χ1n) is 9.23. The number of thioether (sulfide) groups is 1. The molecule has 0 aliphatic carbocycles. The first-order chi connectivity index (χ1) is 14.2. The van der Waals surface area contributed by atoms with Crippen molar-refractivity contribution in [1.82, 2.24) is 0 Å². The summed E-state index contributed by atoms with van der Waals surface area (Å²) in [6.07, 6.45) is 1.89. The van der Waals surface area contributed by atoms with E-state index in [2.05, 4.69) is 0 Å². The zero-order valence-corrected chi connectivity index (χ0v) is 17.0. The Morgan fingerprint density at radius 3 is 2.34 bits per heavy atom. The molecular weight excluding hydrogens is 380 g/mol. The SMILES string of the molecule is COc1cc(/C=C2\SC(=Nc3ccccc3)N(c3ccccc3)C2=O)ccc1C. The fourth-order valence-corrected chi connectivity index (χ4v) is 4.05. The van der Waals surface area contributed by atoms with Gasteiger partial charge in [-0.05, 0) is 66.2 Å². The van der Waals surface area contributed by atoms with Crippen molar-refractivity contribution in [3.63, 3.8) is 0 Å². The fraction of sp³-hybridized carbons (Fsp3) is 0.0833. The largest absolute Gasteiger partial charge is 0.496 e. The van der Waals surface area contributed by atoms with Crippen LogP contribution in [0.3, 0.4) is 0 Å². The molecule has 0 aromatic heterocycles. The first-order valence-corrected chi connectivity index (χ1v) is 10.0. The quantitative estimate of drug-likeness (QED) is 0.519. The van der Waals surface area contributed by atoms with Crippen molar-refractivity contribution in [2.24, 2.45) is 4.99 Å². The number of hydrogen-bond acceptors (Lipinski definition) is 4. The highest BCUT2D eigenvalue weighted by Gasteiger charge is 2.34. The minimum atomic E-state index is -0.0876. The summed E-state index contributed by atoms with van der Waals surface area (Å²) in [4.78, 5) is 20.3. The Morgan fingerprint density at radius 1 is 0.966 bits per heavy atom. The maximum atomic E-state index is 13.3. The second-order valence-electron chi connectivity index (χ2n) is 6.55. The number of carbonyl (C=O) groups excluding carboxylic acids is 1. The predicted octanol–water partition coefficient (Wildman–Crippen LogP) is 5.81. The highest BCUT2D eigenvalue weighted by atomic mass is 32.2. The van der Waals surface area contributed by atoms with Crippen LogP contribution < -0.4 is 9.64 Å². The molecule has 1 saturated heterocycles. The number of aliphatic imine (C=N–C) groups is 1. The number of aryl methyl sites for hydroxylation is 1. The van der Waals surface area contributed by atoms with E-state index in [0.29, 0.717) is 10.1 Å². The van der Waals surface area contributed by atoms with Crippen LogP contribution in [0.25, 0.3) is 6.08 Å². The van der Waals surface area contributed by atoms with Gasteiger partial charge in [0.25, 0.3) is 5.91 Å². The van der Waals surface area contributed by atoms with E-state index in [4.69, 9.17) is 9.73 Å². The molecule has 0 saturated carbocycles. The Labute approximate surface area is 174 Å². The summed E-state index contributed by atoms with van der Waals surface area (Å²) in [7, 11) is 1.65. The molecule has 0 radical (unpaired) electrons. The van der Waals surface area contributed by atoms with E-state index < -0.39 is 0 Å². The highest BCUT2D eigenvalue weighted by molar-refractivity contribution is 8.19. The molecule has 4 nitrogen and oxygen atoms in total. The van der Waals surface area contributed by atoms with Gasteiger partial charge in [-0.1, -0.05) is 48.5 Å². The number of ether oxygens (including phenoxy) is 1. The number of benzene rings is 3. The number of hydrogen-bond donors (Lipinski definition) is 0. The van der Waals surface area contributed by atoms with Gasteiger partial charge in [-0.3, -0.25) is 9.69 Å². The minimum absolute atomic E-state index is 0.0876. The third-order valence-electron chi connectivity index (χ3n) is 4.53. The van der Waals surface area contributed by atoms with Gasteiger partial charge in [-0.25, -0.2) is 4.99 Å². The highest BCUT2D eigenvalue weighted by Crippen LogP contribution is 2.37. The van der Waals surface area contributed by atoms with Gasteiger partial charge in [0.15, 0.2) is 5.17 Å². The van der Waals surface area contributed by atoms with E-state index in [1.54, 1.807) is 12.0 Å². The zero-order chi connectivity index (χ0) is 20.2. The van der Waals surface area contributed by atoms with E-state index in [1.165, 1.54) is 11.8 Å². The average molecular weight is 401 g/mol. The lowest BCUT2D eigenvalue weighted by Gasteiger charge is -2.15. The van der Waals surface area contributed by atoms with Gasteiger partial charge >= 0.3 is 0 Å². The van der Waals surface area contributed by atoms with Crippen LogP contribution in [0.15, 0.2) is 88.8 Å². The molecular formula is C24H20N2O2S. The van der Waals surface area contributed by atoms with Crippen molar-refractivity contribution in [1.29, 1.82) is 0 Å². The number of nitrogens with zero attached hydrogens (tertiary/aromatic N) is 2. The van der Waals surface area contributed by atoms with Gasteiger partial charge in [0, 0.05) is 0 Å². The Morgan fingerprint density at radius 2 is 1.66 bits per heavy atom. The Bertz CT molecular complexity index is 1090. The first kappa shape index (κ1) is 19.0. The molecule has 144 valence electrons. The number of carbonyl (C=O) groups is 1. The van der Waals surface area contributed by atoms with Crippen molar-refractivity contribution in [2.45, 2.75) is 6.92 Å². The third-order valence-corrected chi connectivity index (χ3v) is 5.50. The number of anilines is 1. The Balaban J connectivity index is 1.76. The summed E-state index contributed by atoms with van der Waals surface area (Å²) in [6.45, 7) is 1.99. The van der Waals surface area contributed by atoms with E-state index in [0.717, 1.165) is 28.3 Å². The van der Waals surface area contributed by atoms with Crippen molar-refractivity contribution < 1.29 is 9.53 Å². The van der Waals surface area contributed by atoms with Crippen LogP contribution in [0.1, 0.15) is 11.1 Å². The molecule has 0 spiro atoms. The predicted molar refractivity (Wildman–Crippen MR) is 121 cm³/mol. The molecule has 1 aliphatic rings. The van der Waals surface area contributed by atoms with Crippen LogP contribution in [0.2, 0.25) is 0 Å². The van der Waals surface area contributed by atoms with Crippen molar-refractivity contribution in [3.8, 4) is 5.75 Å². The number of para-hydroxylation sites is 2. The number of amidine groups is 1. The molecule has 5 heteroatoms. The van der Waals surface area contributed by atoms with Crippen LogP contribution in [0, 0.1) is 6.92 Å². The lowest BCUT2D eigenvalue weighted by molar-refractivity contribution is -0.113. The van der Waals surface area contributed by atoms with Crippen LogP contribution in [0.5, 0.6) is 5.75 Å². The molecule has 1 fully saturated rings.